The van der Waals surface area contributed by atoms with Crippen molar-refractivity contribution in [3.63, 3.8) is 0 Å². The summed E-state index contributed by atoms with van der Waals surface area (Å²) in [6.45, 7) is 6.52. The molecular weight excluding hydrogens is 166 g/mol. The minimum absolute atomic E-state index is 0.972. The van der Waals surface area contributed by atoms with E-state index in [1.807, 2.05) is 0 Å². The van der Waals surface area contributed by atoms with E-state index in [1.165, 1.54) is 23.4 Å². The summed E-state index contributed by atoms with van der Waals surface area (Å²) in [5, 5.41) is 8.89. The van der Waals surface area contributed by atoms with E-state index < -0.39 is 5.97 Å². The third-order valence-corrected chi connectivity index (χ3v) is 1.70. The molecule has 1 aliphatic heterocycles. The number of hydrogen-bond acceptors (Lipinski definition) is 2. The molecule has 0 aromatic rings. The van der Waals surface area contributed by atoms with E-state index in [1.54, 1.807) is 0 Å². The molecule has 0 fully saturated rings. The zero-order valence-corrected chi connectivity index (χ0v) is 8.46. The van der Waals surface area contributed by atoms with Crippen LogP contribution in [0.5, 0.6) is 0 Å². The average molecular weight is 183 g/mol. The Hall–Kier alpha value is -1.09. The van der Waals surface area contributed by atoms with Gasteiger partial charge < -0.3 is 9.90 Å². The van der Waals surface area contributed by atoms with Gasteiger partial charge in [-0.3, -0.25) is 4.90 Å². The molecule has 1 unspecified atom stereocenters. The van der Waals surface area contributed by atoms with Gasteiger partial charge in [0.05, 0.1) is 12.7 Å². The summed E-state index contributed by atoms with van der Waals surface area (Å²) in [6.07, 6.45) is 7.86. The van der Waals surface area contributed by atoms with Crippen LogP contribution in [0.3, 0.4) is 0 Å². The Morgan fingerprint density at radius 1 is 1.54 bits per heavy atom. The van der Waals surface area contributed by atoms with Crippen molar-refractivity contribution in [2.45, 2.75) is 27.2 Å². The first-order valence-corrected chi connectivity index (χ1v) is 4.52. The van der Waals surface area contributed by atoms with Gasteiger partial charge in [0.25, 0.3) is 0 Å². The molecule has 1 rings (SSSR count). The molecule has 13 heavy (non-hydrogen) atoms. The summed E-state index contributed by atoms with van der Waals surface area (Å²) in [5.74, 6) is -1.08. The number of rotatable bonds is 2. The predicted octanol–water partition coefficient (Wildman–Crippen LogP) is -0.531. The molecule has 1 heterocycles. The quantitative estimate of drug-likeness (QED) is 0.625. The third kappa shape index (κ3) is 6.11. The maximum atomic E-state index is 8.89. The lowest BCUT2D eigenvalue weighted by atomic mass is 10.2. The molecule has 0 amide bonds. The lowest BCUT2D eigenvalue weighted by molar-refractivity contribution is -0.785. The van der Waals surface area contributed by atoms with Crippen LogP contribution in [-0.2, 0) is 4.79 Å². The van der Waals surface area contributed by atoms with Gasteiger partial charge in [0.2, 0.25) is 0 Å². The van der Waals surface area contributed by atoms with Crippen LogP contribution < -0.4 is 10.0 Å². The molecule has 0 aliphatic carbocycles. The van der Waals surface area contributed by atoms with Gasteiger partial charge in [0, 0.05) is 17.6 Å². The van der Waals surface area contributed by atoms with E-state index in [0.29, 0.717) is 0 Å². The zero-order valence-electron chi connectivity index (χ0n) is 8.46. The monoisotopic (exact) mass is 183 g/mol. The first-order chi connectivity index (χ1) is 6.10. The van der Waals surface area contributed by atoms with Gasteiger partial charge >= 0.3 is 0 Å². The minimum Gasteiger partial charge on any atom is -0.550 e. The Morgan fingerprint density at radius 3 is 2.31 bits per heavy atom. The second-order valence-corrected chi connectivity index (χ2v) is 2.83. The molecule has 1 atom stereocenters. The molecule has 74 valence electrons. The van der Waals surface area contributed by atoms with Crippen LogP contribution in [0.2, 0.25) is 0 Å². The third-order valence-electron chi connectivity index (χ3n) is 1.70. The predicted molar refractivity (Wildman–Crippen MR) is 49.7 cm³/mol. The lowest BCUT2D eigenvalue weighted by Gasteiger charge is -1.99. The summed E-state index contributed by atoms with van der Waals surface area (Å²) in [4.78, 5) is 10.4. The fourth-order valence-corrected chi connectivity index (χ4v) is 0.988. The SMILES string of the molecule is CC(=O)[O-].CCC1=C[NH+](CC)C=C1. The number of allylic oxidation sites excluding steroid dienone is 2. The van der Waals surface area contributed by atoms with E-state index in [2.05, 4.69) is 32.3 Å². The summed E-state index contributed by atoms with van der Waals surface area (Å²) in [7, 11) is 0. The van der Waals surface area contributed by atoms with Crippen LogP contribution >= 0.6 is 0 Å². The van der Waals surface area contributed by atoms with E-state index in [-0.39, 0.29) is 0 Å². The van der Waals surface area contributed by atoms with Crippen molar-refractivity contribution in [2.24, 2.45) is 0 Å². The van der Waals surface area contributed by atoms with Gasteiger partial charge in [-0.25, -0.2) is 0 Å². The van der Waals surface area contributed by atoms with Gasteiger partial charge in [-0.2, -0.15) is 0 Å². The Morgan fingerprint density at radius 2 is 2.08 bits per heavy atom. The smallest absolute Gasteiger partial charge is 0.102 e. The van der Waals surface area contributed by atoms with Crippen LogP contribution in [0.25, 0.3) is 0 Å². The molecule has 1 N–H and O–H groups in total. The average Bonchev–Trinajstić information content (AvgIpc) is 2.50. The molecule has 0 radical (unpaired) electrons. The normalized spacial score (nSPS) is 19.0. The van der Waals surface area contributed by atoms with Crippen molar-refractivity contribution in [1.29, 1.82) is 0 Å². The molecule has 0 aromatic carbocycles. The van der Waals surface area contributed by atoms with Crippen LogP contribution in [0.1, 0.15) is 27.2 Å². The highest BCUT2D eigenvalue weighted by Gasteiger charge is 2.05. The molecule has 1 aliphatic rings. The Balaban J connectivity index is 0.000000310. The maximum Gasteiger partial charge on any atom is 0.102 e. The van der Waals surface area contributed by atoms with Crippen LogP contribution in [-0.4, -0.2) is 12.5 Å². The van der Waals surface area contributed by atoms with Gasteiger partial charge in [-0.15, -0.1) is 0 Å². The molecule has 0 spiro atoms. The topological polar surface area (TPSA) is 44.6 Å². The fraction of sp³-hybridized carbons (Fsp3) is 0.500. The summed E-state index contributed by atoms with van der Waals surface area (Å²) in [5.41, 5.74) is 1.46. The van der Waals surface area contributed by atoms with Crippen molar-refractivity contribution in [1.82, 2.24) is 0 Å². The minimum atomic E-state index is -1.08. The number of nitrogens with one attached hydrogen (secondary N) is 1. The van der Waals surface area contributed by atoms with E-state index in [4.69, 9.17) is 9.90 Å². The van der Waals surface area contributed by atoms with Crippen molar-refractivity contribution >= 4 is 5.97 Å². The molecule has 0 aromatic heterocycles. The number of aliphatic carboxylic acids is 1. The number of carboxylic acids is 1. The van der Waals surface area contributed by atoms with Crippen LogP contribution in [0, 0.1) is 0 Å². The molecule has 0 saturated carbocycles. The van der Waals surface area contributed by atoms with Crippen molar-refractivity contribution in [3.05, 3.63) is 24.0 Å². The molecule has 3 heteroatoms. The second-order valence-electron chi connectivity index (χ2n) is 2.83. The van der Waals surface area contributed by atoms with Gasteiger partial charge in [-0.05, 0) is 20.3 Å². The standard InChI is InChI=1S/C8H13N.C2H4O2/c1-3-8-5-6-9(4-2)7-8;1-2(3)4/h5-7H,3-4H2,1-2H3;1H3,(H,3,4). The number of carbonyl (C=O) groups excluding carboxylic acids is 1. The number of carboxylic acid groups (broad SMARTS) is 1. The summed E-state index contributed by atoms with van der Waals surface area (Å²) < 4.78 is 0. The fourth-order valence-electron chi connectivity index (χ4n) is 0.988. The Labute approximate surface area is 79.4 Å². The maximum absolute atomic E-state index is 8.89. The summed E-state index contributed by atoms with van der Waals surface area (Å²) in [6, 6.07) is 0. The summed E-state index contributed by atoms with van der Waals surface area (Å²) >= 11 is 0. The number of hydrogen-bond donors (Lipinski definition) is 1. The van der Waals surface area contributed by atoms with Crippen LogP contribution in [0.4, 0.5) is 0 Å². The van der Waals surface area contributed by atoms with Crippen molar-refractivity contribution in [2.75, 3.05) is 6.54 Å². The Bertz CT molecular complexity index is 215. The second kappa shape index (κ2) is 6.43. The highest BCUT2D eigenvalue weighted by Crippen LogP contribution is 2.00. The largest absolute Gasteiger partial charge is 0.550 e. The molecule has 0 saturated heterocycles. The van der Waals surface area contributed by atoms with Crippen molar-refractivity contribution in [3.8, 4) is 0 Å². The molecular formula is C10H17NO2. The van der Waals surface area contributed by atoms with Gasteiger partial charge in [-0.1, -0.05) is 6.92 Å². The van der Waals surface area contributed by atoms with E-state index in [0.717, 1.165) is 6.92 Å². The first-order valence-electron chi connectivity index (χ1n) is 4.52. The van der Waals surface area contributed by atoms with E-state index in [9.17, 15) is 0 Å². The molecule has 3 nitrogen and oxygen atoms in total. The number of quaternary nitrogens is 1. The van der Waals surface area contributed by atoms with Crippen molar-refractivity contribution < 1.29 is 14.8 Å². The highest BCUT2D eigenvalue weighted by atomic mass is 16.4. The van der Waals surface area contributed by atoms with Gasteiger partial charge in [0.15, 0.2) is 0 Å². The number of carbonyl (C=O) groups is 1. The highest BCUT2D eigenvalue weighted by molar-refractivity contribution is 5.60. The lowest BCUT2D eigenvalue weighted by Crippen LogP contribution is -3.01. The van der Waals surface area contributed by atoms with E-state index >= 15 is 0 Å². The Kier molecular flexibility index (Phi) is 5.89. The van der Waals surface area contributed by atoms with Crippen LogP contribution in [0.15, 0.2) is 24.0 Å². The van der Waals surface area contributed by atoms with Gasteiger partial charge in [0.1, 0.15) is 6.20 Å². The zero-order chi connectivity index (χ0) is 10.3. The first kappa shape index (κ1) is 11.9. The molecule has 0 bridgehead atoms.